The third kappa shape index (κ3) is 4.42. The van der Waals surface area contributed by atoms with Gasteiger partial charge in [-0.05, 0) is 62.8 Å². The minimum Gasteiger partial charge on any atom is -0.494 e. The van der Waals surface area contributed by atoms with E-state index in [-0.39, 0.29) is 12.0 Å². The first-order chi connectivity index (χ1) is 14.0. The van der Waals surface area contributed by atoms with Crippen molar-refractivity contribution < 1.29 is 14.3 Å². The lowest BCUT2D eigenvalue weighted by atomic mass is 9.80. The zero-order valence-electron chi connectivity index (χ0n) is 17.8. The molecule has 2 aliphatic rings. The van der Waals surface area contributed by atoms with E-state index in [1.807, 2.05) is 12.1 Å². The van der Waals surface area contributed by atoms with E-state index in [9.17, 15) is 4.79 Å². The van der Waals surface area contributed by atoms with Gasteiger partial charge in [0, 0.05) is 24.3 Å². The number of nitrogens with one attached hydrogen (secondary N) is 1. The molecule has 0 radical (unpaired) electrons. The van der Waals surface area contributed by atoms with Gasteiger partial charge in [-0.25, -0.2) is 0 Å². The summed E-state index contributed by atoms with van der Waals surface area (Å²) < 4.78 is 13.3. The van der Waals surface area contributed by atoms with Crippen LogP contribution in [0.15, 0.2) is 18.3 Å². The Morgan fingerprint density at radius 2 is 2.00 bits per heavy atom. The molecule has 2 aromatic rings. The van der Waals surface area contributed by atoms with Crippen molar-refractivity contribution in [3.05, 3.63) is 18.3 Å². The molecule has 0 bridgehead atoms. The van der Waals surface area contributed by atoms with E-state index in [2.05, 4.69) is 30.0 Å². The second-order valence-electron chi connectivity index (χ2n) is 8.88. The maximum absolute atomic E-state index is 12.6. The first-order valence-corrected chi connectivity index (χ1v) is 11.0. The summed E-state index contributed by atoms with van der Waals surface area (Å²) in [7, 11) is 1.62. The Kier molecular flexibility index (Phi) is 6.09. The predicted octanol–water partition coefficient (Wildman–Crippen LogP) is 4.94. The highest BCUT2D eigenvalue weighted by Crippen LogP contribution is 2.37. The number of methoxy groups -OCH3 is 1. The van der Waals surface area contributed by atoms with Crippen LogP contribution in [-0.2, 0) is 9.53 Å². The van der Waals surface area contributed by atoms with Crippen LogP contribution in [-0.4, -0.2) is 35.5 Å². The minimum atomic E-state index is -0.372. The molecule has 1 aliphatic carbocycles. The molecule has 6 nitrogen and oxygen atoms in total. The molecule has 0 spiro atoms. The molecule has 6 heteroatoms. The highest BCUT2D eigenvalue weighted by molar-refractivity contribution is 5.98. The number of anilines is 1. The predicted molar refractivity (Wildman–Crippen MR) is 114 cm³/mol. The molecule has 2 heterocycles. The number of amides is 1. The van der Waals surface area contributed by atoms with Crippen molar-refractivity contribution in [3.63, 3.8) is 0 Å². The molecule has 1 aromatic heterocycles. The summed E-state index contributed by atoms with van der Waals surface area (Å²) in [5.41, 5.74) is 1.59. The Hall–Kier alpha value is -2.08. The van der Waals surface area contributed by atoms with E-state index in [0.29, 0.717) is 24.1 Å². The molecule has 0 unspecified atom stereocenters. The summed E-state index contributed by atoms with van der Waals surface area (Å²) in [6.07, 6.45) is 9.46. The lowest BCUT2D eigenvalue weighted by molar-refractivity contribution is -0.129. The third-order valence-corrected chi connectivity index (χ3v) is 6.63. The number of nitrogens with zero attached hydrogens (tertiary/aromatic N) is 2. The first-order valence-electron chi connectivity index (χ1n) is 11.0. The van der Waals surface area contributed by atoms with Gasteiger partial charge in [0.05, 0.1) is 24.4 Å². The molecule has 1 aliphatic heterocycles. The Labute approximate surface area is 172 Å². The van der Waals surface area contributed by atoms with Gasteiger partial charge in [0.2, 0.25) is 0 Å². The molecule has 4 rings (SSSR count). The number of hydrogen-bond acceptors (Lipinski definition) is 4. The SMILES string of the molecule is COc1cc2nn(C3CCC(C(C)C)CC3)cc2cc1NC(=O)[C@H]1CCCCO1. The van der Waals surface area contributed by atoms with Crippen LogP contribution < -0.4 is 10.1 Å². The quantitative estimate of drug-likeness (QED) is 0.773. The van der Waals surface area contributed by atoms with Crippen molar-refractivity contribution in [2.45, 2.75) is 70.9 Å². The van der Waals surface area contributed by atoms with Crippen molar-refractivity contribution in [1.82, 2.24) is 9.78 Å². The summed E-state index contributed by atoms with van der Waals surface area (Å²) in [6, 6.07) is 4.35. The molecule has 1 amide bonds. The monoisotopic (exact) mass is 399 g/mol. The average Bonchev–Trinajstić information content (AvgIpc) is 3.16. The van der Waals surface area contributed by atoms with Crippen LogP contribution in [0.4, 0.5) is 5.69 Å². The number of hydrogen-bond donors (Lipinski definition) is 1. The number of fused-ring (bicyclic) bond motifs is 1. The van der Waals surface area contributed by atoms with Gasteiger partial charge < -0.3 is 14.8 Å². The standard InChI is InChI=1S/C23H33N3O3/c1-15(2)16-7-9-18(10-8-16)26-14-17-12-20(22(28-3)13-19(17)25-26)24-23(27)21-6-4-5-11-29-21/h12-16,18,21H,4-11H2,1-3H3,(H,24,27)/t16?,18?,21-/m1/s1. The maximum Gasteiger partial charge on any atom is 0.253 e. The average molecular weight is 400 g/mol. The van der Waals surface area contributed by atoms with Crippen LogP contribution in [0.2, 0.25) is 0 Å². The van der Waals surface area contributed by atoms with Gasteiger partial charge in [0.1, 0.15) is 11.9 Å². The molecule has 1 saturated carbocycles. The lowest BCUT2D eigenvalue weighted by Crippen LogP contribution is -2.33. The van der Waals surface area contributed by atoms with E-state index >= 15 is 0 Å². The van der Waals surface area contributed by atoms with Gasteiger partial charge >= 0.3 is 0 Å². The minimum absolute atomic E-state index is 0.0956. The Morgan fingerprint density at radius 3 is 2.66 bits per heavy atom. The van der Waals surface area contributed by atoms with Gasteiger partial charge in [-0.3, -0.25) is 9.48 Å². The molecule has 1 saturated heterocycles. The molecular formula is C23H33N3O3. The Bertz CT molecular complexity index is 846. The molecule has 29 heavy (non-hydrogen) atoms. The van der Waals surface area contributed by atoms with Crippen molar-refractivity contribution >= 4 is 22.5 Å². The van der Waals surface area contributed by atoms with E-state index in [4.69, 9.17) is 14.6 Å². The number of rotatable bonds is 5. The molecule has 1 aromatic carbocycles. The molecular weight excluding hydrogens is 366 g/mol. The van der Waals surface area contributed by atoms with Crippen LogP contribution in [0, 0.1) is 11.8 Å². The lowest BCUT2D eigenvalue weighted by Gasteiger charge is -2.30. The van der Waals surface area contributed by atoms with Crippen LogP contribution in [0.3, 0.4) is 0 Å². The molecule has 1 N–H and O–H groups in total. The maximum atomic E-state index is 12.6. The van der Waals surface area contributed by atoms with E-state index in [1.54, 1.807) is 7.11 Å². The highest BCUT2D eigenvalue weighted by atomic mass is 16.5. The van der Waals surface area contributed by atoms with Crippen molar-refractivity contribution in [2.75, 3.05) is 19.0 Å². The van der Waals surface area contributed by atoms with Crippen LogP contribution in [0.25, 0.3) is 10.9 Å². The topological polar surface area (TPSA) is 65.4 Å². The fourth-order valence-corrected chi connectivity index (χ4v) is 4.72. The second kappa shape index (κ2) is 8.74. The van der Waals surface area contributed by atoms with Crippen LogP contribution in [0.1, 0.15) is 64.8 Å². The summed E-state index contributed by atoms with van der Waals surface area (Å²) in [5.74, 6) is 2.13. The molecule has 2 fully saturated rings. The van der Waals surface area contributed by atoms with E-state index < -0.39 is 0 Å². The van der Waals surface area contributed by atoms with Gasteiger partial charge in [-0.1, -0.05) is 13.8 Å². The van der Waals surface area contributed by atoms with Crippen molar-refractivity contribution in [3.8, 4) is 5.75 Å². The molecule has 1 atom stereocenters. The fraction of sp³-hybridized carbons (Fsp3) is 0.652. The second-order valence-corrected chi connectivity index (χ2v) is 8.88. The smallest absolute Gasteiger partial charge is 0.253 e. The molecule has 158 valence electrons. The zero-order chi connectivity index (χ0) is 20.4. The summed E-state index contributed by atoms with van der Waals surface area (Å²) in [6.45, 7) is 5.31. The third-order valence-electron chi connectivity index (χ3n) is 6.63. The Balaban J connectivity index is 1.52. The number of ether oxygens (including phenoxy) is 2. The van der Waals surface area contributed by atoms with Crippen molar-refractivity contribution in [1.29, 1.82) is 0 Å². The van der Waals surface area contributed by atoms with Gasteiger partial charge in [-0.15, -0.1) is 0 Å². The van der Waals surface area contributed by atoms with Gasteiger partial charge in [0.15, 0.2) is 0 Å². The van der Waals surface area contributed by atoms with E-state index in [1.165, 1.54) is 25.7 Å². The summed E-state index contributed by atoms with van der Waals surface area (Å²) in [5, 5.41) is 8.85. The van der Waals surface area contributed by atoms with Crippen LogP contribution >= 0.6 is 0 Å². The van der Waals surface area contributed by atoms with Gasteiger partial charge in [-0.2, -0.15) is 5.10 Å². The summed E-state index contributed by atoms with van der Waals surface area (Å²) in [4.78, 5) is 12.6. The van der Waals surface area contributed by atoms with E-state index in [0.717, 1.165) is 42.0 Å². The Morgan fingerprint density at radius 1 is 1.21 bits per heavy atom. The van der Waals surface area contributed by atoms with Crippen molar-refractivity contribution in [2.24, 2.45) is 11.8 Å². The summed E-state index contributed by atoms with van der Waals surface area (Å²) >= 11 is 0. The largest absolute Gasteiger partial charge is 0.494 e. The fourth-order valence-electron chi connectivity index (χ4n) is 4.72. The normalized spacial score (nSPS) is 25.3. The zero-order valence-corrected chi connectivity index (χ0v) is 17.8. The van der Waals surface area contributed by atoms with Crippen LogP contribution in [0.5, 0.6) is 5.75 Å². The number of carbonyl (C=O) groups excluding carboxylic acids is 1. The highest BCUT2D eigenvalue weighted by Gasteiger charge is 2.26. The number of carbonyl (C=O) groups is 1. The van der Waals surface area contributed by atoms with Gasteiger partial charge in [0.25, 0.3) is 5.91 Å². The number of benzene rings is 1. The first kappa shape index (κ1) is 20.2. The number of aromatic nitrogens is 2.